The van der Waals surface area contributed by atoms with Gasteiger partial charge >= 0.3 is 17.6 Å². The molecule has 1 N–H and O–H groups in total. The van der Waals surface area contributed by atoms with Gasteiger partial charge in [0.1, 0.15) is 5.69 Å². The van der Waals surface area contributed by atoms with Gasteiger partial charge in [-0.05, 0) is 13.8 Å². The Kier molecular flexibility index (Phi) is 6.31. The van der Waals surface area contributed by atoms with Gasteiger partial charge in [-0.3, -0.25) is 9.36 Å². The number of aryl methyl sites for hydroxylation is 1. The molecule has 0 radical (unpaired) electrons. The van der Waals surface area contributed by atoms with E-state index in [1.54, 1.807) is 13.8 Å². The highest BCUT2D eigenvalue weighted by Crippen LogP contribution is 2.04. The van der Waals surface area contributed by atoms with Crippen molar-refractivity contribution in [2.45, 2.75) is 13.8 Å². The fraction of sp³-hybridized carbons (Fsp3) is 0.429. The number of carbonyl (C=O) groups is 2. The highest BCUT2D eigenvalue weighted by atomic mass is 16.6. The molecule has 0 bridgehead atoms. The maximum absolute atomic E-state index is 12.0. The molecule has 0 amide bonds. The molecule has 0 aromatic carbocycles. The van der Waals surface area contributed by atoms with Crippen LogP contribution in [0.5, 0.6) is 0 Å². The summed E-state index contributed by atoms with van der Waals surface area (Å²) in [6.07, 6.45) is 2.28. The summed E-state index contributed by atoms with van der Waals surface area (Å²) in [7, 11) is 2.78. The van der Waals surface area contributed by atoms with Crippen LogP contribution in [-0.2, 0) is 33.2 Å². The van der Waals surface area contributed by atoms with Crippen LogP contribution in [-0.4, -0.2) is 34.3 Å². The fourth-order valence-corrected chi connectivity index (χ4v) is 1.68. The third-order valence-electron chi connectivity index (χ3n) is 2.81. The monoisotopic (exact) mass is 325 g/mol. The number of aromatic nitrogens is 2. The molecular weight excluding hydrogens is 306 g/mol. The Bertz CT molecular complexity index is 724. The van der Waals surface area contributed by atoms with E-state index in [9.17, 15) is 19.2 Å². The summed E-state index contributed by atoms with van der Waals surface area (Å²) in [5.41, 5.74) is -1.47. The number of ether oxygens (including phenoxy) is 2. The van der Waals surface area contributed by atoms with E-state index in [1.165, 1.54) is 24.9 Å². The Labute approximate surface area is 132 Å². The van der Waals surface area contributed by atoms with Gasteiger partial charge in [-0.1, -0.05) is 0 Å². The Morgan fingerprint density at radius 2 is 1.65 bits per heavy atom. The quantitative estimate of drug-likeness (QED) is 0.325. The summed E-state index contributed by atoms with van der Waals surface area (Å²) in [5.74, 6) is -1.75. The van der Waals surface area contributed by atoms with Crippen LogP contribution in [0.3, 0.4) is 0 Å². The first-order valence-electron chi connectivity index (χ1n) is 6.91. The first-order chi connectivity index (χ1) is 10.8. The molecule has 0 fully saturated rings. The lowest BCUT2D eigenvalue weighted by Crippen LogP contribution is -2.37. The number of nitrogens with one attached hydrogen (secondary N) is 1. The first-order valence-corrected chi connectivity index (χ1v) is 6.91. The van der Waals surface area contributed by atoms with Crippen LogP contribution in [0.4, 0.5) is 5.69 Å². The van der Waals surface area contributed by atoms with Crippen molar-refractivity contribution in [2.75, 3.05) is 18.5 Å². The zero-order valence-corrected chi connectivity index (χ0v) is 13.4. The maximum atomic E-state index is 12.0. The number of rotatable bonds is 6. The maximum Gasteiger partial charge on any atom is 0.347 e. The summed E-state index contributed by atoms with van der Waals surface area (Å²) in [4.78, 5) is 47.1. The van der Waals surface area contributed by atoms with Gasteiger partial charge in [0.25, 0.3) is 5.56 Å². The average molecular weight is 325 g/mol. The molecule has 126 valence electrons. The molecular formula is C14H19N3O6. The number of anilines is 1. The van der Waals surface area contributed by atoms with Crippen LogP contribution in [0, 0.1) is 0 Å². The molecule has 0 aliphatic heterocycles. The van der Waals surface area contributed by atoms with Gasteiger partial charge in [-0.2, -0.15) is 0 Å². The third-order valence-corrected chi connectivity index (χ3v) is 2.81. The van der Waals surface area contributed by atoms with E-state index >= 15 is 0 Å². The smallest absolute Gasteiger partial charge is 0.347 e. The van der Waals surface area contributed by atoms with E-state index in [0.29, 0.717) is 0 Å². The highest BCUT2D eigenvalue weighted by Gasteiger charge is 2.21. The Morgan fingerprint density at radius 3 is 2.13 bits per heavy atom. The van der Waals surface area contributed by atoms with Gasteiger partial charge in [0.15, 0.2) is 5.57 Å². The van der Waals surface area contributed by atoms with Crippen molar-refractivity contribution in [3.63, 3.8) is 0 Å². The fourth-order valence-electron chi connectivity index (χ4n) is 1.68. The SMILES string of the molecule is CCOC(=O)C(=CNc1cn(C)c(=O)n(C)c1=O)C(=O)OCC. The van der Waals surface area contributed by atoms with E-state index < -0.39 is 23.2 Å². The highest BCUT2D eigenvalue weighted by molar-refractivity contribution is 6.14. The van der Waals surface area contributed by atoms with Crippen LogP contribution in [0.25, 0.3) is 0 Å². The predicted molar refractivity (Wildman–Crippen MR) is 81.9 cm³/mol. The molecule has 23 heavy (non-hydrogen) atoms. The molecule has 0 unspecified atom stereocenters. The van der Waals surface area contributed by atoms with E-state index in [0.717, 1.165) is 10.8 Å². The van der Waals surface area contributed by atoms with Crippen molar-refractivity contribution in [1.82, 2.24) is 9.13 Å². The summed E-state index contributed by atoms with van der Waals surface area (Å²) >= 11 is 0. The van der Waals surface area contributed by atoms with Gasteiger partial charge in [0, 0.05) is 26.5 Å². The third kappa shape index (κ3) is 4.31. The number of esters is 2. The van der Waals surface area contributed by atoms with E-state index in [4.69, 9.17) is 9.47 Å². The van der Waals surface area contributed by atoms with Crippen molar-refractivity contribution in [3.8, 4) is 0 Å². The minimum Gasteiger partial charge on any atom is -0.462 e. The van der Waals surface area contributed by atoms with Gasteiger partial charge in [-0.15, -0.1) is 0 Å². The lowest BCUT2D eigenvalue weighted by molar-refractivity contribution is -0.146. The van der Waals surface area contributed by atoms with Gasteiger partial charge in [-0.25, -0.2) is 14.4 Å². The second-order valence-corrected chi connectivity index (χ2v) is 4.44. The van der Waals surface area contributed by atoms with Crippen molar-refractivity contribution >= 4 is 17.6 Å². The first kappa shape index (κ1) is 18.2. The number of carbonyl (C=O) groups excluding carboxylic acids is 2. The second-order valence-electron chi connectivity index (χ2n) is 4.44. The summed E-state index contributed by atoms with van der Waals surface area (Å²) in [6.45, 7) is 3.35. The lowest BCUT2D eigenvalue weighted by atomic mass is 10.3. The second kappa shape index (κ2) is 7.97. The molecule has 0 aliphatic rings. The molecule has 9 nitrogen and oxygen atoms in total. The minimum absolute atomic E-state index is 0.0145. The van der Waals surface area contributed by atoms with Gasteiger partial charge in [0.2, 0.25) is 0 Å². The van der Waals surface area contributed by atoms with Crippen LogP contribution in [0.15, 0.2) is 27.6 Å². The molecule has 0 saturated carbocycles. The van der Waals surface area contributed by atoms with Crippen LogP contribution < -0.4 is 16.6 Å². The molecule has 1 heterocycles. The zero-order chi connectivity index (χ0) is 17.6. The number of nitrogens with zero attached hydrogens (tertiary/aromatic N) is 2. The minimum atomic E-state index is -0.875. The molecule has 1 aromatic rings. The van der Waals surface area contributed by atoms with E-state index in [1.807, 2.05) is 0 Å². The summed E-state index contributed by atoms with van der Waals surface area (Å²) in [5, 5.41) is 2.54. The summed E-state index contributed by atoms with van der Waals surface area (Å²) < 4.78 is 11.6. The largest absolute Gasteiger partial charge is 0.462 e. The van der Waals surface area contributed by atoms with Crippen LogP contribution in [0.2, 0.25) is 0 Å². The Morgan fingerprint density at radius 1 is 1.13 bits per heavy atom. The standard InChI is InChI=1S/C14H19N3O6/c1-5-22-12(19)9(13(20)23-6-2)7-15-10-8-16(3)14(21)17(4)11(10)18/h7-8,15H,5-6H2,1-4H3. The molecule has 1 aromatic heterocycles. The van der Waals surface area contributed by atoms with Crippen molar-refractivity contribution in [3.05, 3.63) is 38.8 Å². The summed E-state index contributed by atoms with van der Waals surface area (Å²) in [6, 6.07) is 0. The predicted octanol–water partition coefficient (Wildman–Crippen LogP) is -0.494. The molecule has 1 rings (SSSR count). The lowest BCUT2D eigenvalue weighted by Gasteiger charge is -2.09. The Hall–Kier alpha value is -2.84. The molecule has 9 heteroatoms. The molecule has 0 aliphatic carbocycles. The normalized spacial score (nSPS) is 9.91. The van der Waals surface area contributed by atoms with Crippen LogP contribution in [0.1, 0.15) is 13.8 Å². The Balaban J connectivity index is 3.20. The number of hydrogen-bond donors (Lipinski definition) is 1. The van der Waals surface area contributed by atoms with Crippen LogP contribution >= 0.6 is 0 Å². The van der Waals surface area contributed by atoms with Gasteiger partial charge < -0.3 is 19.4 Å². The van der Waals surface area contributed by atoms with Crippen molar-refractivity contribution in [2.24, 2.45) is 14.1 Å². The van der Waals surface area contributed by atoms with Gasteiger partial charge in [0.05, 0.1) is 13.2 Å². The number of hydrogen-bond acceptors (Lipinski definition) is 7. The van der Waals surface area contributed by atoms with E-state index in [-0.39, 0.29) is 24.5 Å². The topological polar surface area (TPSA) is 109 Å². The molecule has 0 saturated heterocycles. The molecule has 0 spiro atoms. The van der Waals surface area contributed by atoms with Crippen molar-refractivity contribution < 1.29 is 19.1 Å². The average Bonchev–Trinajstić information content (AvgIpc) is 2.50. The zero-order valence-electron chi connectivity index (χ0n) is 13.4. The molecule has 0 atom stereocenters. The van der Waals surface area contributed by atoms with Crippen molar-refractivity contribution in [1.29, 1.82) is 0 Å². The van der Waals surface area contributed by atoms with E-state index in [2.05, 4.69) is 5.32 Å².